The van der Waals surface area contributed by atoms with Gasteiger partial charge >= 0.3 is 0 Å². The number of carbonyl (C=O) groups excluding carboxylic acids is 1. The molecule has 1 unspecified atom stereocenters. The largest absolute Gasteiger partial charge is 0.286 e. The maximum absolute atomic E-state index is 13.4. The highest BCUT2D eigenvalue weighted by Gasteiger charge is 2.13. The summed E-state index contributed by atoms with van der Waals surface area (Å²) in [6.45, 7) is 5.48. The van der Waals surface area contributed by atoms with Crippen molar-refractivity contribution in [2.24, 2.45) is 4.36 Å². The molecule has 30 heavy (non-hydrogen) atoms. The summed E-state index contributed by atoms with van der Waals surface area (Å²) in [7, 11) is -2.90. The second kappa shape index (κ2) is 8.60. The van der Waals surface area contributed by atoms with E-state index in [0.717, 1.165) is 11.1 Å². The van der Waals surface area contributed by atoms with E-state index in [4.69, 9.17) is 0 Å². The first-order valence-electron chi connectivity index (χ1n) is 9.22. The second-order valence-electron chi connectivity index (χ2n) is 7.20. The third-order valence-corrected chi connectivity index (χ3v) is 6.01. The molecule has 4 nitrogen and oxygen atoms in total. The zero-order valence-corrected chi connectivity index (χ0v) is 18.0. The Morgan fingerprint density at radius 1 is 0.967 bits per heavy atom. The second-order valence-corrected chi connectivity index (χ2v) is 9.46. The third-order valence-electron chi connectivity index (χ3n) is 4.38. The van der Waals surface area contributed by atoms with Crippen LogP contribution in [0.25, 0.3) is 0 Å². The molecule has 0 spiro atoms. The van der Waals surface area contributed by atoms with Crippen molar-refractivity contribution in [2.75, 3.05) is 6.26 Å². The van der Waals surface area contributed by atoms with Crippen LogP contribution in [0.4, 0.5) is 4.39 Å². The summed E-state index contributed by atoms with van der Waals surface area (Å²) in [6.07, 6.45) is 4.34. The summed E-state index contributed by atoms with van der Waals surface area (Å²) in [5.74, 6) is 4.93. The van der Waals surface area contributed by atoms with E-state index in [1.165, 1.54) is 24.7 Å². The van der Waals surface area contributed by atoms with Crippen LogP contribution in [0.1, 0.15) is 38.2 Å². The molecule has 3 aromatic rings. The van der Waals surface area contributed by atoms with Crippen molar-refractivity contribution in [1.29, 1.82) is 0 Å². The van der Waals surface area contributed by atoms with Crippen LogP contribution < -0.4 is 0 Å². The Hall–Kier alpha value is -3.30. The minimum Gasteiger partial charge on any atom is -0.266 e. The minimum atomic E-state index is -2.90. The molecule has 1 heterocycles. The van der Waals surface area contributed by atoms with E-state index < -0.39 is 15.6 Å². The van der Waals surface area contributed by atoms with Gasteiger partial charge < -0.3 is 0 Å². The molecule has 0 radical (unpaired) electrons. The number of carbonyl (C=O) groups is 1. The van der Waals surface area contributed by atoms with E-state index in [-0.39, 0.29) is 11.4 Å². The molecule has 1 amide bonds. The Bertz CT molecular complexity index is 1310. The number of hydrogen-bond donors (Lipinski definition) is 0. The van der Waals surface area contributed by atoms with Gasteiger partial charge in [0, 0.05) is 34.7 Å². The lowest BCUT2D eigenvalue weighted by atomic mass is 10.1. The smallest absolute Gasteiger partial charge is 0.266 e. The van der Waals surface area contributed by atoms with Crippen LogP contribution in [-0.2, 0) is 9.73 Å². The lowest BCUT2D eigenvalue weighted by Gasteiger charge is -2.07. The lowest BCUT2D eigenvalue weighted by Crippen LogP contribution is -2.05. The molecule has 3 rings (SSSR count). The van der Waals surface area contributed by atoms with E-state index in [9.17, 15) is 13.4 Å². The molecule has 152 valence electrons. The first-order valence-corrected chi connectivity index (χ1v) is 11.1. The highest BCUT2D eigenvalue weighted by molar-refractivity contribution is 7.93. The van der Waals surface area contributed by atoms with Crippen molar-refractivity contribution < 1.29 is 13.4 Å². The van der Waals surface area contributed by atoms with E-state index >= 15 is 0 Å². The summed E-state index contributed by atoms with van der Waals surface area (Å²) >= 11 is 0. The van der Waals surface area contributed by atoms with Crippen molar-refractivity contribution in [1.82, 2.24) is 4.98 Å². The van der Waals surface area contributed by atoms with Crippen molar-refractivity contribution in [3.05, 3.63) is 94.1 Å². The molecule has 0 saturated heterocycles. The molecule has 2 aromatic carbocycles. The van der Waals surface area contributed by atoms with Gasteiger partial charge in [0.2, 0.25) is 0 Å². The van der Waals surface area contributed by atoms with Gasteiger partial charge in [-0.1, -0.05) is 17.9 Å². The quantitative estimate of drug-likeness (QED) is 0.557. The van der Waals surface area contributed by atoms with E-state index in [0.29, 0.717) is 21.6 Å². The summed E-state index contributed by atoms with van der Waals surface area (Å²) in [5.41, 5.74) is 3.78. The van der Waals surface area contributed by atoms with E-state index in [2.05, 4.69) is 21.2 Å². The van der Waals surface area contributed by atoms with E-state index in [1.54, 1.807) is 37.3 Å². The summed E-state index contributed by atoms with van der Waals surface area (Å²) in [5, 5.41) is 0. The standard InChI is InChI=1S/C24H21FN2O2S/c1-16-9-17(2)11-22(10-16)30(4,29)27-24(28)21-13-20(14-26-15-21)6-5-19-7-8-23(25)18(3)12-19/h7-15H,1-4H3. The number of aromatic nitrogens is 1. The summed E-state index contributed by atoms with van der Waals surface area (Å²) in [6, 6.07) is 11.7. The number of pyridine rings is 1. The number of aryl methyl sites for hydroxylation is 3. The SMILES string of the molecule is Cc1cc(C)cc(S(C)(=O)=NC(=O)c2cncc(C#Cc3ccc(F)c(C)c3)c2)c1. The first-order chi connectivity index (χ1) is 14.1. The molecule has 0 N–H and O–H groups in total. The number of halogens is 1. The van der Waals surface area contributed by atoms with Crippen LogP contribution in [0.5, 0.6) is 0 Å². The number of amides is 1. The van der Waals surface area contributed by atoms with Gasteiger partial charge in [-0.05, 0) is 73.9 Å². The van der Waals surface area contributed by atoms with Crippen LogP contribution in [-0.4, -0.2) is 21.4 Å². The average molecular weight is 421 g/mol. The van der Waals surface area contributed by atoms with Crippen LogP contribution in [0, 0.1) is 38.4 Å². The van der Waals surface area contributed by atoms with Gasteiger partial charge in [0.1, 0.15) is 5.82 Å². The normalized spacial score (nSPS) is 12.4. The molecular formula is C24H21FN2O2S. The molecule has 0 saturated carbocycles. The number of benzene rings is 2. The van der Waals surface area contributed by atoms with Gasteiger partial charge in [-0.2, -0.15) is 4.36 Å². The predicted octanol–water partition coefficient (Wildman–Crippen LogP) is 4.84. The van der Waals surface area contributed by atoms with Crippen molar-refractivity contribution in [3.8, 4) is 11.8 Å². The molecule has 0 aliphatic carbocycles. The summed E-state index contributed by atoms with van der Waals surface area (Å²) < 4.78 is 30.4. The lowest BCUT2D eigenvalue weighted by molar-refractivity contribution is 0.100. The molecule has 0 fully saturated rings. The fourth-order valence-electron chi connectivity index (χ4n) is 2.91. The molecule has 0 aliphatic rings. The number of nitrogens with zero attached hydrogens (tertiary/aromatic N) is 2. The first kappa shape index (κ1) is 21.4. The van der Waals surface area contributed by atoms with Gasteiger partial charge in [0.25, 0.3) is 5.91 Å². The highest BCUT2D eigenvalue weighted by atomic mass is 32.2. The Morgan fingerprint density at radius 2 is 1.63 bits per heavy atom. The van der Waals surface area contributed by atoms with Crippen molar-refractivity contribution in [2.45, 2.75) is 25.7 Å². The Labute approximate surface area is 176 Å². The van der Waals surface area contributed by atoms with Crippen LogP contribution in [0.3, 0.4) is 0 Å². The maximum atomic E-state index is 13.4. The predicted molar refractivity (Wildman–Crippen MR) is 116 cm³/mol. The summed E-state index contributed by atoms with van der Waals surface area (Å²) in [4.78, 5) is 17.2. The van der Waals surface area contributed by atoms with Gasteiger partial charge in [0.15, 0.2) is 0 Å². The molecule has 0 aliphatic heterocycles. The van der Waals surface area contributed by atoms with Crippen molar-refractivity contribution in [3.63, 3.8) is 0 Å². The Morgan fingerprint density at radius 3 is 2.30 bits per heavy atom. The van der Waals surface area contributed by atoms with Gasteiger partial charge in [0.05, 0.1) is 15.3 Å². The Balaban J connectivity index is 1.91. The molecule has 1 aromatic heterocycles. The van der Waals surface area contributed by atoms with Gasteiger partial charge in [-0.15, -0.1) is 0 Å². The average Bonchev–Trinajstić information content (AvgIpc) is 2.68. The van der Waals surface area contributed by atoms with Gasteiger partial charge in [-0.3, -0.25) is 9.78 Å². The minimum absolute atomic E-state index is 0.205. The van der Waals surface area contributed by atoms with Crippen LogP contribution >= 0.6 is 0 Å². The fourth-order valence-corrected chi connectivity index (χ4v) is 4.24. The molecule has 0 bridgehead atoms. The topological polar surface area (TPSA) is 59.4 Å². The van der Waals surface area contributed by atoms with Gasteiger partial charge in [-0.25, -0.2) is 8.60 Å². The maximum Gasteiger partial charge on any atom is 0.286 e. The van der Waals surface area contributed by atoms with Crippen molar-refractivity contribution >= 4 is 15.6 Å². The molecule has 1 atom stereocenters. The number of rotatable bonds is 2. The van der Waals surface area contributed by atoms with Crippen LogP contribution in [0.2, 0.25) is 0 Å². The Kier molecular flexibility index (Phi) is 6.14. The monoisotopic (exact) mass is 420 g/mol. The third kappa shape index (κ3) is 5.19. The van der Waals surface area contributed by atoms with Crippen LogP contribution in [0.15, 0.2) is 64.1 Å². The zero-order valence-electron chi connectivity index (χ0n) is 17.2. The molecule has 6 heteroatoms. The molecular weight excluding hydrogens is 399 g/mol. The highest BCUT2D eigenvalue weighted by Crippen LogP contribution is 2.17. The fraction of sp³-hybridized carbons (Fsp3) is 0.167. The number of hydrogen-bond acceptors (Lipinski definition) is 3. The van der Waals surface area contributed by atoms with E-state index in [1.807, 2.05) is 19.9 Å². The zero-order chi connectivity index (χ0) is 21.9.